The molecule has 0 fully saturated rings. The number of para-hydroxylation sites is 1. The van der Waals surface area contributed by atoms with Crippen LogP contribution < -0.4 is 29.7 Å². The average Bonchev–Trinajstić information content (AvgIpc) is 3.27. The molecule has 2 N–H and O–H groups in total. The summed E-state index contributed by atoms with van der Waals surface area (Å²) < 4.78 is 12.2. The van der Waals surface area contributed by atoms with Gasteiger partial charge in [0.25, 0.3) is 11.5 Å². The van der Waals surface area contributed by atoms with E-state index in [9.17, 15) is 24.8 Å². The number of nitrogens with one attached hydrogen (secondary N) is 1. The van der Waals surface area contributed by atoms with Gasteiger partial charge in [-0.15, -0.1) is 0 Å². The summed E-state index contributed by atoms with van der Waals surface area (Å²) in [5.41, 5.74) is 1.19. The number of thiazole rings is 1. The largest absolute Gasteiger partial charge is 0.500 e. The van der Waals surface area contributed by atoms with Crippen LogP contribution >= 0.6 is 11.3 Å². The number of fused-ring (bicyclic) bond motifs is 1. The Hall–Kier alpha value is -5.23. The van der Waals surface area contributed by atoms with Crippen LogP contribution in [-0.4, -0.2) is 34.7 Å². The molecule has 1 amide bonds. The van der Waals surface area contributed by atoms with Crippen molar-refractivity contribution in [3.63, 3.8) is 0 Å². The van der Waals surface area contributed by atoms with Gasteiger partial charge in [-0.3, -0.25) is 24.3 Å². The number of anilines is 1. The van der Waals surface area contributed by atoms with Crippen molar-refractivity contribution in [1.82, 2.24) is 4.57 Å². The van der Waals surface area contributed by atoms with Gasteiger partial charge in [-0.1, -0.05) is 41.7 Å². The SMILES string of the molecule is COc1cccc([C@H]2C(C(=O)Nc3ccccc3)=C(C)N=c3s/c(=C\c4cc(OC)c(O)c([N+](=O)[O-])c4)c(=O)n32)c1. The minimum atomic E-state index is -0.837. The molecule has 1 aliphatic heterocycles. The Labute approximate surface area is 237 Å². The quantitative estimate of drug-likeness (QED) is 0.255. The maximum atomic E-state index is 13.9. The predicted molar refractivity (Wildman–Crippen MR) is 153 cm³/mol. The van der Waals surface area contributed by atoms with E-state index in [0.717, 1.165) is 17.4 Å². The van der Waals surface area contributed by atoms with Crippen molar-refractivity contribution in [1.29, 1.82) is 0 Å². The Kier molecular flexibility index (Phi) is 7.40. The first-order chi connectivity index (χ1) is 19.7. The van der Waals surface area contributed by atoms with Crippen molar-refractivity contribution in [3.8, 4) is 17.2 Å². The molecule has 3 aromatic carbocycles. The topological polar surface area (TPSA) is 145 Å². The zero-order valence-corrected chi connectivity index (χ0v) is 23.0. The molecule has 0 spiro atoms. The average molecular weight is 573 g/mol. The molecule has 1 aromatic heterocycles. The van der Waals surface area contributed by atoms with Gasteiger partial charge >= 0.3 is 5.69 Å². The number of phenols is 1. The first-order valence-corrected chi connectivity index (χ1v) is 13.1. The number of rotatable bonds is 7. The zero-order valence-electron chi connectivity index (χ0n) is 22.2. The number of benzene rings is 3. The van der Waals surface area contributed by atoms with Crippen molar-refractivity contribution in [2.75, 3.05) is 19.5 Å². The third kappa shape index (κ3) is 5.20. The lowest BCUT2D eigenvalue weighted by Gasteiger charge is -2.25. The first-order valence-electron chi connectivity index (χ1n) is 12.3. The maximum Gasteiger partial charge on any atom is 0.315 e. The summed E-state index contributed by atoms with van der Waals surface area (Å²) in [6.45, 7) is 1.71. The van der Waals surface area contributed by atoms with Gasteiger partial charge in [-0.05, 0) is 54.5 Å². The number of aromatic hydroxyl groups is 1. The summed E-state index contributed by atoms with van der Waals surface area (Å²) in [6, 6.07) is 17.7. The summed E-state index contributed by atoms with van der Waals surface area (Å²) >= 11 is 1.08. The van der Waals surface area contributed by atoms with Crippen molar-refractivity contribution < 1.29 is 24.3 Å². The Bertz CT molecular complexity index is 1890. The number of methoxy groups -OCH3 is 2. The number of allylic oxidation sites excluding steroid dienone is 1. The maximum absolute atomic E-state index is 13.9. The van der Waals surface area contributed by atoms with Crippen LogP contribution in [0.2, 0.25) is 0 Å². The second-order valence-electron chi connectivity index (χ2n) is 9.03. The third-order valence-corrected chi connectivity index (χ3v) is 7.48. The summed E-state index contributed by atoms with van der Waals surface area (Å²) in [6.07, 6.45) is 1.46. The van der Waals surface area contributed by atoms with Crippen molar-refractivity contribution in [2.24, 2.45) is 4.99 Å². The molecule has 0 unspecified atom stereocenters. The number of hydrogen-bond acceptors (Lipinski definition) is 9. The molecule has 41 heavy (non-hydrogen) atoms. The Morgan fingerprint density at radius 2 is 1.88 bits per heavy atom. The van der Waals surface area contributed by atoms with Crippen molar-refractivity contribution >= 4 is 34.7 Å². The lowest BCUT2D eigenvalue weighted by molar-refractivity contribution is -0.386. The summed E-state index contributed by atoms with van der Waals surface area (Å²) in [7, 11) is 2.80. The van der Waals surface area contributed by atoms with E-state index in [0.29, 0.717) is 27.5 Å². The van der Waals surface area contributed by atoms with Gasteiger partial charge in [0.2, 0.25) is 5.75 Å². The number of carbonyl (C=O) groups excluding carboxylic acids is 1. The normalized spacial score (nSPS) is 14.7. The molecule has 5 rings (SSSR count). The number of nitro groups is 1. The lowest BCUT2D eigenvalue weighted by Crippen LogP contribution is -2.40. The molecule has 0 saturated heterocycles. The van der Waals surface area contributed by atoms with Crippen LogP contribution in [0.25, 0.3) is 6.08 Å². The van der Waals surface area contributed by atoms with E-state index in [2.05, 4.69) is 10.3 Å². The van der Waals surface area contributed by atoms with Crippen LogP contribution in [0, 0.1) is 10.1 Å². The molecule has 0 aliphatic carbocycles. The second-order valence-corrected chi connectivity index (χ2v) is 10.0. The number of nitro benzene ring substituents is 1. The fraction of sp³-hybridized carbons (Fsp3) is 0.138. The van der Waals surface area contributed by atoms with Crippen LogP contribution in [0.15, 0.2) is 87.8 Å². The number of phenolic OH excluding ortho intramolecular Hbond substituents is 1. The summed E-state index contributed by atoms with van der Waals surface area (Å²) in [5, 5.41) is 24.5. The second kappa shape index (κ2) is 11.1. The number of aromatic nitrogens is 1. The van der Waals surface area contributed by atoms with Crippen molar-refractivity contribution in [2.45, 2.75) is 13.0 Å². The van der Waals surface area contributed by atoms with Crippen LogP contribution in [0.1, 0.15) is 24.1 Å². The van der Waals surface area contributed by atoms with Crippen LogP contribution in [0.5, 0.6) is 17.2 Å². The molecule has 2 heterocycles. The Morgan fingerprint density at radius 3 is 2.56 bits per heavy atom. The highest BCUT2D eigenvalue weighted by molar-refractivity contribution is 7.07. The highest BCUT2D eigenvalue weighted by Crippen LogP contribution is 2.37. The van der Waals surface area contributed by atoms with Gasteiger partial charge < -0.3 is 19.9 Å². The van der Waals surface area contributed by atoms with E-state index >= 15 is 0 Å². The minimum Gasteiger partial charge on any atom is -0.500 e. The fourth-order valence-electron chi connectivity index (χ4n) is 4.60. The minimum absolute atomic E-state index is 0.108. The molecule has 11 nitrogen and oxygen atoms in total. The first kappa shape index (κ1) is 27.3. The summed E-state index contributed by atoms with van der Waals surface area (Å²) in [5.74, 6) is -0.592. The standard InChI is InChI=1S/C29H24N4O7S/c1-16-24(27(35)31-19-9-5-4-6-10-19)25(18-8-7-11-20(15-18)39-2)32-28(36)23(41-29(32)30-16)14-17-12-21(33(37)38)26(34)22(13-17)40-3/h4-15,25,34H,1-3H3,(H,31,35)/b23-14-/t25-/m0/s1. The highest BCUT2D eigenvalue weighted by atomic mass is 32.1. The number of amides is 1. The van der Waals surface area contributed by atoms with Gasteiger partial charge in [0.15, 0.2) is 10.6 Å². The molecule has 12 heteroatoms. The highest BCUT2D eigenvalue weighted by Gasteiger charge is 2.33. The summed E-state index contributed by atoms with van der Waals surface area (Å²) in [4.78, 5) is 43.3. The molecule has 0 saturated carbocycles. The van der Waals surface area contributed by atoms with Gasteiger partial charge in [0, 0.05) is 11.8 Å². The molecular formula is C29H24N4O7S. The smallest absolute Gasteiger partial charge is 0.315 e. The fourth-order valence-corrected chi connectivity index (χ4v) is 5.65. The number of ether oxygens (including phenoxy) is 2. The Morgan fingerprint density at radius 1 is 1.12 bits per heavy atom. The Balaban J connectivity index is 1.70. The molecule has 1 atom stereocenters. The van der Waals surface area contributed by atoms with Gasteiger partial charge in [0.1, 0.15) is 5.75 Å². The zero-order chi connectivity index (χ0) is 29.3. The molecular weight excluding hydrogens is 548 g/mol. The van der Waals surface area contributed by atoms with E-state index in [1.54, 1.807) is 55.5 Å². The van der Waals surface area contributed by atoms with Crippen molar-refractivity contribution in [3.05, 3.63) is 119 Å². The van der Waals surface area contributed by atoms with Gasteiger partial charge in [-0.25, -0.2) is 4.99 Å². The van der Waals surface area contributed by atoms with Gasteiger partial charge in [-0.2, -0.15) is 0 Å². The number of hydrogen-bond donors (Lipinski definition) is 2. The van der Waals surface area contributed by atoms with E-state index in [-0.39, 0.29) is 21.4 Å². The van der Waals surface area contributed by atoms with Crippen LogP contribution in [-0.2, 0) is 4.79 Å². The van der Waals surface area contributed by atoms with Crippen LogP contribution in [0.4, 0.5) is 11.4 Å². The van der Waals surface area contributed by atoms with E-state index in [1.807, 2.05) is 6.07 Å². The number of carbonyl (C=O) groups is 1. The predicted octanol–water partition coefficient (Wildman–Crippen LogP) is 3.50. The molecule has 0 bridgehead atoms. The molecule has 0 radical (unpaired) electrons. The molecule has 208 valence electrons. The van der Waals surface area contributed by atoms with E-state index < -0.39 is 33.9 Å². The number of nitrogens with zero attached hydrogens (tertiary/aromatic N) is 3. The lowest BCUT2D eigenvalue weighted by atomic mass is 9.95. The molecule has 1 aliphatic rings. The van der Waals surface area contributed by atoms with Crippen LogP contribution in [0.3, 0.4) is 0 Å². The monoisotopic (exact) mass is 572 g/mol. The van der Waals surface area contributed by atoms with E-state index in [4.69, 9.17) is 9.47 Å². The van der Waals surface area contributed by atoms with Gasteiger partial charge in [0.05, 0.1) is 41.0 Å². The van der Waals surface area contributed by atoms with E-state index in [1.165, 1.54) is 30.9 Å². The third-order valence-electron chi connectivity index (χ3n) is 6.50. The molecule has 4 aromatic rings.